The van der Waals surface area contributed by atoms with Crippen LogP contribution in [0.5, 0.6) is 0 Å². The number of hydrogen-bond acceptors (Lipinski definition) is 2. The number of rotatable bonds is 4. The molecule has 1 aromatic rings. The number of carbonyl (C=O) groups excluding carboxylic acids is 1. The standard InChI is InChI=1S/C18H24BrFN2O/c1-12(2)22(11-13-9-14(19)3-4-16(13)20)17(23)15-10-18(15)5-7-21-8-6-18/h3-4,9,12,15,21H,5-8,10-11H2,1-2H3. The molecule has 1 aliphatic carbocycles. The first kappa shape index (κ1) is 16.9. The van der Waals surface area contributed by atoms with Crippen LogP contribution in [-0.4, -0.2) is 29.9 Å². The molecular formula is C18H24BrFN2O. The molecule has 3 rings (SSSR count). The zero-order valence-corrected chi connectivity index (χ0v) is 15.3. The minimum atomic E-state index is -0.251. The quantitative estimate of drug-likeness (QED) is 0.860. The van der Waals surface area contributed by atoms with Gasteiger partial charge >= 0.3 is 0 Å². The van der Waals surface area contributed by atoms with Crippen LogP contribution in [-0.2, 0) is 11.3 Å². The van der Waals surface area contributed by atoms with E-state index in [9.17, 15) is 9.18 Å². The third kappa shape index (κ3) is 3.45. The third-order valence-electron chi connectivity index (χ3n) is 5.34. The van der Waals surface area contributed by atoms with Crippen molar-refractivity contribution >= 4 is 21.8 Å². The Morgan fingerprint density at radius 3 is 2.78 bits per heavy atom. The number of carbonyl (C=O) groups is 1. The second-order valence-corrected chi connectivity index (χ2v) is 8.08. The number of nitrogens with zero attached hydrogens (tertiary/aromatic N) is 1. The lowest BCUT2D eigenvalue weighted by molar-refractivity contribution is -0.136. The maximum Gasteiger partial charge on any atom is 0.226 e. The van der Waals surface area contributed by atoms with Gasteiger partial charge in [0, 0.05) is 28.5 Å². The van der Waals surface area contributed by atoms with Gasteiger partial charge in [-0.25, -0.2) is 4.39 Å². The average Bonchev–Trinajstić information content (AvgIpc) is 3.21. The summed E-state index contributed by atoms with van der Waals surface area (Å²) in [4.78, 5) is 14.8. The van der Waals surface area contributed by atoms with Gasteiger partial charge in [0.2, 0.25) is 5.91 Å². The number of amides is 1. The molecule has 1 amide bonds. The summed E-state index contributed by atoms with van der Waals surface area (Å²) in [5.41, 5.74) is 0.784. The zero-order valence-electron chi connectivity index (χ0n) is 13.7. The van der Waals surface area contributed by atoms with E-state index in [1.807, 2.05) is 18.7 Å². The topological polar surface area (TPSA) is 32.3 Å². The molecule has 126 valence electrons. The van der Waals surface area contributed by atoms with Crippen LogP contribution in [0.2, 0.25) is 0 Å². The van der Waals surface area contributed by atoms with E-state index in [2.05, 4.69) is 21.2 Å². The summed E-state index contributed by atoms with van der Waals surface area (Å²) in [7, 11) is 0. The number of halogens is 2. The van der Waals surface area contributed by atoms with Gasteiger partial charge in [0.15, 0.2) is 0 Å². The third-order valence-corrected chi connectivity index (χ3v) is 5.84. The maximum atomic E-state index is 14.1. The predicted molar refractivity (Wildman–Crippen MR) is 92.4 cm³/mol. The number of hydrogen-bond donors (Lipinski definition) is 1. The van der Waals surface area contributed by atoms with Gasteiger partial charge in [0.05, 0.1) is 0 Å². The second-order valence-electron chi connectivity index (χ2n) is 7.16. The van der Waals surface area contributed by atoms with Crippen molar-refractivity contribution in [1.29, 1.82) is 0 Å². The number of benzene rings is 1. The molecule has 2 fully saturated rings. The van der Waals surface area contributed by atoms with Gasteiger partial charge in [-0.2, -0.15) is 0 Å². The second kappa shape index (κ2) is 6.52. The molecule has 0 aromatic heterocycles. The SMILES string of the molecule is CC(C)N(Cc1cc(Br)ccc1F)C(=O)C1CC12CCNCC2. The van der Waals surface area contributed by atoms with E-state index in [-0.39, 0.29) is 29.1 Å². The summed E-state index contributed by atoms with van der Waals surface area (Å²) < 4.78 is 14.9. The predicted octanol–water partition coefficient (Wildman–Crippen LogP) is 3.71. The van der Waals surface area contributed by atoms with Gasteiger partial charge in [0.25, 0.3) is 0 Å². The Morgan fingerprint density at radius 2 is 2.13 bits per heavy atom. The van der Waals surface area contributed by atoms with Crippen LogP contribution in [0.4, 0.5) is 4.39 Å². The molecule has 1 unspecified atom stereocenters. The Kier molecular flexibility index (Phi) is 4.79. The summed E-state index contributed by atoms with van der Waals surface area (Å²) >= 11 is 3.38. The summed E-state index contributed by atoms with van der Waals surface area (Å²) in [5, 5.41) is 3.37. The van der Waals surface area contributed by atoms with Crippen LogP contribution in [0.25, 0.3) is 0 Å². The van der Waals surface area contributed by atoms with E-state index in [0.717, 1.165) is 36.8 Å². The highest BCUT2D eigenvalue weighted by molar-refractivity contribution is 9.10. The van der Waals surface area contributed by atoms with Crippen molar-refractivity contribution in [2.24, 2.45) is 11.3 Å². The minimum absolute atomic E-state index is 0.0697. The van der Waals surface area contributed by atoms with Gasteiger partial charge in [-0.15, -0.1) is 0 Å². The first-order valence-corrected chi connectivity index (χ1v) is 9.17. The average molecular weight is 383 g/mol. The fourth-order valence-electron chi connectivity index (χ4n) is 3.74. The fraction of sp³-hybridized carbons (Fsp3) is 0.611. The molecule has 1 N–H and O–H groups in total. The van der Waals surface area contributed by atoms with Crippen molar-refractivity contribution in [1.82, 2.24) is 10.2 Å². The highest BCUT2D eigenvalue weighted by Gasteiger charge is 2.58. The summed E-state index contributed by atoms with van der Waals surface area (Å²) in [6.07, 6.45) is 3.17. The van der Waals surface area contributed by atoms with Crippen molar-refractivity contribution in [2.75, 3.05) is 13.1 Å². The molecule has 1 saturated heterocycles. The molecule has 2 aliphatic rings. The van der Waals surface area contributed by atoms with E-state index < -0.39 is 0 Å². The van der Waals surface area contributed by atoms with Crippen molar-refractivity contribution in [2.45, 2.75) is 45.7 Å². The first-order chi connectivity index (χ1) is 10.9. The monoisotopic (exact) mass is 382 g/mol. The van der Waals surface area contributed by atoms with Crippen LogP contribution in [0, 0.1) is 17.2 Å². The molecule has 1 spiro atoms. The van der Waals surface area contributed by atoms with Crippen LogP contribution < -0.4 is 5.32 Å². The first-order valence-electron chi connectivity index (χ1n) is 8.38. The Bertz CT molecular complexity index is 599. The van der Waals surface area contributed by atoms with E-state index >= 15 is 0 Å². The number of piperidine rings is 1. The highest BCUT2D eigenvalue weighted by Crippen LogP contribution is 2.59. The van der Waals surface area contributed by atoms with Gasteiger partial charge in [-0.1, -0.05) is 15.9 Å². The van der Waals surface area contributed by atoms with Crippen LogP contribution >= 0.6 is 15.9 Å². The van der Waals surface area contributed by atoms with E-state index in [1.165, 1.54) is 6.07 Å². The van der Waals surface area contributed by atoms with E-state index in [4.69, 9.17) is 0 Å². The Labute approximate surface area is 145 Å². The Morgan fingerprint density at radius 1 is 1.43 bits per heavy atom. The molecule has 1 aliphatic heterocycles. The molecule has 1 atom stereocenters. The van der Waals surface area contributed by atoms with Gasteiger partial charge in [-0.3, -0.25) is 4.79 Å². The van der Waals surface area contributed by atoms with E-state index in [1.54, 1.807) is 12.1 Å². The van der Waals surface area contributed by atoms with Crippen LogP contribution in [0.15, 0.2) is 22.7 Å². The molecule has 0 radical (unpaired) electrons. The van der Waals surface area contributed by atoms with Crippen molar-refractivity contribution in [3.63, 3.8) is 0 Å². The van der Waals surface area contributed by atoms with Crippen molar-refractivity contribution in [3.05, 3.63) is 34.1 Å². The molecule has 1 saturated carbocycles. The number of nitrogens with one attached hydrogen (secondary N) is 1. The van der Waals surface area contributed by atoms with Gasteiger partial charge in [0.1, 0.15) is 5.82 Å². The van der Waals surface area contributed by atoms with Crippen molar-refractivity contribution < 1.29 is 9.18 Å². The van der Waals surface area contributed by atoms with Crippen LogP contribution in [0.3, 0.4) is 0 Å². The Hall–Kier alpha value is -0.940. The smallest absolute Gasteiger partial charge is 0.226 e. The normalized spacial score (nSPS) is 22.4. The lowest BCUT2D eigenvalue weighted by atomic mass is 9.91. The van der Waals surface area contributed by atoms with Gasteiger partial charge in [-0.05, 0) is 69.8 Å². The van der Waals surface area contributed by atoms with Crippen LogP contribution in [0.1, 0.15) is 38.7 Å². The summed E-state index contributed by atoms with van der Waals surface area (Å²) in [6.45, 7) is 6.36. The molecule has 1 aromatic carbocycles. The molecule has 23 heavy (non-hydrogen) atoms. The van der Waals surface area contributed by atoms with Gasteiger partial charge < -0.3 is 10.2 Å². The van der Waals surface area contributed by atoms with Crippen molar-refractivity contribution in [3.8, 4) is 0 Å². The highest BCUT2D eigenvalue weighted by atomic mass is 79.9. The minimum Gasteiger partial charge on any atom is -0.336 e. The lowest BCUT2D eigenvalue weighted by Crippen LogP contribution is -2.40. The van der Waals surface area contributed by atoms with E-state index in [0.29, 0.717) is 12.1 Å². The molecule has 0 bridgehead atoms. The molecule has 5 heteroatoms. The largest absolute Gasteiger partial charge is 0.336 e. The summed E-state index contributed by atoms with van der Waals surface area (Å²) in [5.74, 6) is 0.0718. The maximum absolute atomic E-state index is 14.1. The molecule has 3 nitrogen and oxygen atoms in total. The molecule has 1 heterocycles. The molecular weight excluding hydrogens is 359 g/mol. The lowest BCUT2D eigenvalue weighted by Gasteiger charge is -2.30. The summed E-state index contributed by atoms with van der Waals surface area (Å²) in [6, 6.07) is 4.98. The zero-order chi connectivity index (χ0) is 16.6. The Balaban J connectivity index is 1.74. The fourth-order valence-corrected chi connectivity index (χ4v) is 4.15.